The first-order valence-corrected chi connectivity index (χ1v) is 11.3. The highest BCUT2D eigenvalue weighted by Crippen LogP contribution is 2.28. The SMILES string of the molecule is Cc1ccc(CCCNC(=O)CN(c2c(C)cc(C)cc2C)S(C)(=O)=O)cc1. The van der Waals surface area contributed by atoms with Crippen LogP contribution < -0.4 is 9.62 Å². The minimum absolute atomic E-state index is 0.214. The maximum atomic E-state index is 12.4. The van der Waals surface area contributed by atoms with E-state index in [9.17, 15) is 13.2 Å². The van der Waals surface area contributed by atoms with Gasteiger partial charge in [-0.15, -0.1) is 0 Å². The third-order valence-electron chi connectivity index (χ3n) is 4.66. The number of carbonyl (C=O) groups is 1. The molecule has 0 atom stereocenters. The van der Waals surface area contributed by atoms with Crippen LogP contribution in [0.3, 0.4) is 0 Å². The zero-order valence-electron chi connectivity index (χ0n) is 17.4. The van der Waals surface area contributed by atoms with Gasteiger partial charge < -0.3 is 5.32 Å². The van der Waals surface area contributed by atoms with Gasteiger partial charge in [0.15, 0.2) is 0 Å². The van der Waals surface area contributed by atoms with Crippen LogP contribution >= 0.6 is 0 Å². The Morgan fingerprint density at radius 2 is 1.54 bits per heavy atom. The van der Waals surface area contributed by atoms with E-state index in [2.05, 4.69) is 36.5 Å². The molecule has 6 heteroatoms. The van der Waals surface area contributed by atoms with Crippen LogP contribution in [-0.2, 0) is 21.2 Å². The lowest BCUT2D eigenvalue weighted by molar-refractivity contribution is -0.119. The van der Waals surface area contributed by atoms with E-state index in [1.807, 2.05) is 32.9 Å². The van der Waals surface area contributed by atoms with Gasteiger partial charge in [0.25, 0.3) is 0 Å². The molecule has 0 saturated carbocycles. The summed E-state index contributed by atoms with van der Waals surface area (Å²) in [5.74, 6) is -0.297. The Morgan fingerprint density at radius 1 is 0.964 bits per heavy atom. The van der Waals surface area contributed by atoms with Gasteiger partial charge in [0.05, 0.1) is 11.9 Å². The smallest absolute Gasteiger partial charge is 0.240 e. The van der Waals surface area contributed by atoms with Gasteiger partial charge >= 0.3 is 0 Å². The third kappa shape index (κ3) is 6.09. The molecule has 0 aliphatic rings. The Labute approximate surface area is 168 Å². The quantitative estimate of drug-likeness (QED) is 0.688. The Kier molecular flexibility index (Phi) is 7.24. The van der Waals surface area contributed by atoms with Crippen molar-refractivity contribution in [2.45, 2.75) is 40.5 Å². The summed E-state index contributed by atoms with van der Waals surface area (Å²) in [6, 6.07) is 12.2. The number of sulfonamides is 1. The van der Waals surface area contributed by atoms with E-state index in [1.54, 1.807) is 0 Å². The molecule has 0 fully saturated rings. The standard InChI is InChI=1S/C22H30N2O3S/c1-16-8-10-20(11-9-16)7-6-12-23-21(25)15-24(28(5,26)27)22-18(3)13-17(2)14-19(22)4/h8-11,13-14H,6-7,12,15H2,1-5H3,(H,23,25). The Bertz CT molecular complexity index is 912. The lowest BCUT2D eigenvalue weighted by Crippen LogP contribution is -2.41. The number of carbonyl (C=O) groups excluding carboxylic acids is 1. The van der Waals surface area contributed by atoms with Crippen molar-refractivity contribution in [3.05, 3.63) is 64.2 Å². The molecule has 0 spiro atoms. The van der Waals surface area contributed by atoms with E-state index in [4.69, 9.17) is 0 Å². The number of nitrogens with zero attached hydrogens (tertiary/aromatic N) is 1. The average Bonchev–Trinajstić information content (AvgIpc) is 2.57. The topological polar surface area (TPSA) is 66.5 Å². The summed E-state index contributed by atoms with van der Waals surface area (Å²) in [5, 5.41) is 2.84. The number of rotatable bonds is 8. The molecule has 28 heavy (non-hydrogen) atoms. The molecule has 1 N–H and O–H groups in total. The van der Waals surface area contributed by atoms with Crippen molar-refractivity contribution in [3.8, 4) is 0 Å². The van der Waals surface area contributed by atoms with Gasteiger partial charge in [-0.3, -0.25) is 9.10 Å². The van der Waals surface area contributed by atoms with Gasteiger partial charge in [-0.05, 0) is 57.2 Å². The summed E-state index contributed by atoms with van der Waals surface area (Å²) >= 11 is 0. The average molecular weight is 403 g/mol. The van der Waals surface area contributed by atoms with E-state index in [-0.39, 0.29) is 12.5 Å². The van der Waals surface area contributed by atoms with Crippen LogP contribution in [0.4, 0.5) is 5.69 Å². The van der Waals surface area contributed by atoms with Gasteiger partial charge in [-0.25, -0.2) is 8.42 Å². The molecular formula is C22H30N2O3S. The molecule has 2 aromatic carbocycles. The Balaban J connectivity index is 1.99. The highest BCUT2D eigenvalue weighted by Gasteiger charge is 2.24. The molecule has 0 unspecified atom stereocenters. The van der Waals surface area contributed by atoms with Crippen LogP contribution in [-0.4, -0.2) is 33.7 Å². The number of aryl methyl sites for hydroxylation is 5. The first-order chi connectivity index (χ1) is 13.1. The van der Waals surface area contributed by atoms with Crippen molar-refractivity contribution in [1.29, 1.82) is 0 Å². The van der Waals surface area contributed by atoms with Crippen molar-refractivity contribution in [2.75, 3.05) is 23.7 Å². The molecule has 0 aliphatic heterocycles. The normalized spacial score (nSPS) is 11.3. The maximum Gasteiger partial charge on any atom is 0.240 e. The molecule has 5 nitrogen and oxygen atoms in total. The minimum atomic E-state index is -3.58. The number of amides is 1. The van der Waals surface area contributed by atoms with Crippen molar-refractivity contribution >= 4 is 21.6 Å². The van der Waals surface area contributed by atoms with Crippen LogP contribution in [0.1, 0.15) is 34.2 Å². The second-order valence-electron chi connectivity index (χ2n) is 7.46. The summed E-state index contributed by atoms with van der Waals surface area (Å²) in [4.78, 5) is 12.4. The van der Waals surface area contributed by atoms with E-state index >= 15 is 0 Å². The van der Waals surface area contributed by atoms with Crippen LogP contribution in [0.2, 0.25) is 0 Å². The number of hydrogen-bond donors (Lipinski definition) is 1. The van der Waals surface area contributed by atoms with E-state index in [0.717, 1.165) is 35.8 Å². The largest absolute Gasteiger partial charge is 0.355 e. The molecule has 0 saturated heterocycles. The molecule has 152 valence electrons. The Hall–Kier alpha value is -2.34. The molecule has 0 aliphatic carbocycles. The minimum Gasteiger partial charge on any atom is -0.355 e. The van der Waals surface area contributed by atoms with Crippen LogP contribution in [0.15, 0.2) is 36.4 Å². The molecule has 2 aromatic rings. The van der Waals surface area contributed by atoms with E-state index < -0.39 is 10.0 Å². The summed E-state index contributed by atoms with van der Waals surface area (Å²) in [6.45, 7) is 8.05. The lowest BCUT2D eigenvalue weighted by Gasteiger charge is -2.26. The molecular weight excluding hydrogens is 372 g/mol. The van der Waals surface area contributed by atoms with Crippen molar-refractivity contribution < 1.29 is 13.2 Å². The molecule has 0 heterocycles. The van der Waals surface area contributed by atoms with Crippen LogP contribution in [0.25, 0.3) is 0 Å². The number of anilines is 1. The molecule has 1 amide bonds. The third-order valence-corrected chi connectivity index (χ3v) is 5.77. The van der Waals surface area contributed by atoms with Gasteiger partial charge in [-0.1, -0.05) is 47.5 Å². The number of nitrogens with one attached hydrogen (secondary N) is 1. The first kappa shape index (κ1) is 22.0. The number of benzene rings is 2. The fraction of sp³-hybridized carbons (Fsp3) is 0.409. The first-order valence-electron chi connectivity index (χ1n) is 9.45. The van der Waals surface area contributed by atoms with Gasteiger partial charge in [0, 0.05) is 6.54 Å². The second-order valence-corrected chi connectivity index (χ2v) is 9.36. The summed E-state index contributed by atoms with van der Waals surface area (Å²) in [5.41, 5.74) is 5.78. The van der Waals surface area contributed by atoms with Gasteiger partial charge in [0.2, 0.25) is 15.9 Å². The molecule has 0 bridgehead atoms. The molecule has 0 radical (unpaired) electrons. The maximum absolute atomic E-state index is 12.4. The lowest BCUT2D eigenvalue weighted by atomic mass is 10.1. The van der Waals surface area contributed by atoms with Gasteiger partial charge in [-0.2, -0.15) is 0 Å². The number of hydrogen-bond acceptors (Lipinski definition) is 3. The molecule has 2 rings (SSSR count). The Morgan fingerprint density at radius 3 is 2.07 bits per heavy atom. The summed E-state index contributed by atoms with van der Waals surface area (Å²) < 4.78 is 25.9. The zero-order chi connectivity index (χ0) is 20.9. The fourth-order valence-electron chi connectivity index (χ4n) is 3.39. The fourth-order valence-corrected chi connectivity index (χ4v) is 4.36. The summed E-state index contributed by atoms with van der Waals surface area (Å²) in [6.07, 6.45) is 2.80. The van der Waals surface area contributed by atoms with Crippen molar-refractivity contribution in [3.63, 3.8) is 0 Å². The summed E-state index contributed by atoms with van der Waals surface area (Å²) in [7, 11) is -3.58. The second kappa shape index (κ2) is 9.24. The predicted molar refractivity (Wildman–Crippen MR) is 115 cm³/mol. The molecule has 0 aromatic heterocycles. The van der Waals surface area contributed by atoms with Crippen LogP contribution in [0.5, 0.6) is 0 Å². The highest BCUT2D eigenvalue weighted by molar-refractivity contribution is 7.92. The zero-order valence-corrected chi connectivity index (χ0v) is 18.2. The monoisotopic (exact) mass is 402 g/mol. The van der Waals surface area contributed by atoms with Gasteiger partial charge in [0.1, 0.15) is 6.54 Å². The van der Waals surface area contributed by atoms with Crippen molar-refractivity contribution in [2.24, 2.45) is 0 Å². The highest BCUT2D eigenvalue weighted by atomic mass is 32.2. The van der Waals surface area contributed by atoms with E-state index in [0.29, 0.717) is 12.2 Å². The van der Waals surface area contributed by atoms with Crippen molar-refractivity contribution in [1.82, 2.24) is 5.32 Å². The van der Waals surface area contributed by atoms with Crippen LogP contribution in [0, 0.1) is 27.7 Å². The predicted octanol–water partition coefficient (Wildman–Crippen LogP) is 3.44. The van der Waals surface area contributed by atoms with E-state index in [1.165, 1.54) is 15.4 Å².